The van der Waals surface area contributed by atoms with Crippen molar-refractivity contribution in [2.75, 3.05) is 31.3 Å². The molecule has 1 unspecified atom stereocenters. The first-order chi connectivity index (χ1) is 20.4. The maximum Gasteiger partial charge on any atom is 0.254 e. The number of hydrogen-bond acceptors (Lipinski definition) is 6. The third kappa shape index (κ3) is 5.89. The predicted octanol–water partition coefficient (Wildman–Crippen LogP) is 5.58. The number of H-pyrrole nitrogens is 1. The van der Waals surface area contributed by atoms with Gasteiger partial charge in [0.05, 0.1) is 16.9 Å². The van der Waals surface area contributed by atoms with Gasteiger partial charge in [0.2, 0.25) is 11.9 Å². The molecule has 0 saturated carbocycles. The Hall–Kier alpha value is -4.21. The van der Waals surface area contributed by atoms with Crippen LogP contribution in [0, 0.1) is 0 Å². The highest BCUT2D eigenvalue weighted by molar-refractivity contribution is 6.33. The zero-order valence-corrected chi connectivity index (χ0v) is 24.4. The van der Waals surface area contributed by atoms with Crippen LogP contribution in [0.4, 0.5) is 11.6 Å². The molecule has 2 aromatic carbocycles. The van der Waals surface area contributed by atoms with Gasteiger partial charge in [-0.1, -0.05) is 35.9 Å². The summed E-state index contributed by atoms with van der Waals surface area (Å²) >= 11 is 6.53. The van der Waals surface area contributed by atoms with E-state index in [4.69, 9.17) is 16.6 Å². The minimum absolute atomic E-state index is 0.0362. The minimum Gasteiger partial charge on any atom is -0.360 e. The van der Waals surface area contributed by atoms with E-state index in [1.54, 1.807) is 30.5 Å². The number of likely N-dealkylation sites (N-methyl/N-ethyl adjacent to an activating group) is 1. The number of nitrogens with one attached hydrogen (secondary N) is 3. The van der Waals surface area contributed by atoms with E-state index < -0.39 is 0 Å². The molecule has 2 saturated heterocycles. The number of anilines is 2. The Morgan fingerprint density at radius 1 is 1.10 bits per heavy atom. The second-order valence-corrected chi connectivity index (χ2v) is 11.7. The van der Waals surface area contributed by atoms with E-state index in [2.05, 4.69) is 25.5 Å². The summed E-state index contributed by atoms with van der Waals surface area (Å²) in [6, 6.07) is 15.7. The molecule has 42 heavy (non-hydrogen) atoms. The zero-order chi connectivity index (χ0) is 29.2. The van der Waals surface area contributed by atoms with Gasteiger partial charge in [-0.25, -0.2) is 9.97 Å². The van der Waals surface area contributed by atoms with Crippen LogP contribution in [0.15, 0.2) is 73.1 Å². The summed E-state index contributed by atoms with van der Waals surface area (Å²) in [5, 5.41) is 7.93. The Bertz CT molecular complexity index is 1620. The molecule has 0 aliphatic carbocycles. The van der Waals surface area contributed by atoms with Crippen LogP contribution in [0.25, 0.3) is 22.2 Å². The number of aromatic amines is 1. The molecule has 2 fully saturated rings. The van der Waals surface area contributed by atoms with Gasteiger partial charge in [0.15, 0.2) is 0 Å². The molecule has 0 spiro atoms. The van der Waals surface area contributed by atoms with Crippen molar-refractivity contribution in [3.63, 3.8) is 0 Å². The number of rotatable bonds is 8. The summed E-state index contributed by atoms with van der Waals surface area (Å²) in [4.78, 5) is 42.3. The van der Waals surface area contributed by atoms with Crippen molar-refractivity contribution >= 4 is 46.0 Å². The van der Waals surface area contributed by atoms with Gasteiger partial charge in [-0.05, 0) is 70.1 Å². The van der Waals surface area contributed by atoms with Crippen LogP contribution < -0.4 is 10.6 Å². The fraction of sp³-hybridized carbons (Fsp3) is 0.312. The molecule has 4 aromatic rings. The molecular weight excluding hydrogens is 550 g/mol. The zero-order valence-electron chi connectivity index (χ0n) is 23.7. The molecule has 9 nitrogen and oxygen atoms in total. The molecule has 0 radical (unpaired) electrons. The number of benzene rings is 2. The van der Waals surface area contributed by atoms with Gasteiger partial charge in [-0.2, -0.15) is 0 Å². The predicted molar refractivity (Wildman–Crippen MR) is 167 cm³/mol. The van der Waals surface area contributed by atoms with Crippen LogP contribution in [0.2, 0.25) is 5.02 Å². The van der Waals surface area contributed by atoms with Gasteiger partial charge in [0.25, 0.3) is 5.91 Å². The molecule has 4 heterocycles. The van der Waals surface area contributed by atoms with E-state index in [1.165, 1.54) is 6.08 Å². The lowest BCUT2D eigenvalue weighted by Gasteiger charge is -2.39. The number of para-hydroxylation sites is 1. The van der Waals surface area contributed by atoms with Crippen molar-refractivity contribution in [2.45, 2.75) is 43.8 Å². The molecule has 2 aromatic heterocycles. The van der Waals surface area contributed by atoms with E-state index in [0.29, 0.717) is 34.5 Å². The van der Waals surface area contributed by atoms with E-state index >= 15 is 0 Å². The highest BCUT2D eigenvalue weighted by atomic mass is 35.5. The van der Waals surface area contributed by atoms with Crippen molar-refractivity contribution in [3.05, 3.63) is 83.7 Å². The number of halogens is 1. The molecule has 2 aliphatic heterocycles. The molecule has 2 amide bonds. The number of aromatic nitrogens is 3. The van der Waals surface area contributed by atoms with Crippen molar-refractivity contribution in [2.24, 2.45) is 0 Å². The highest BCUT2D eigenvalue weighted by Crippen LogP contribution is 2.38. The van der Waals surface area contributed by atoms with Gasteiger partial charge in [-0.3, -0.25) is 9.59 Å². The number of piperidine rings is 1. The first-order valence-corrected chi connectivity index (χ1v) is 14.6. The third-order valence-corrected chi connectivity index (χ3v) is 8.31. The van der Waals surface area contributed by atoms with Crippen molar-refractivity contribution in [1.29, 1.82) is 0 Å². The minimum atomic E-state index is -0.193. The quantitative estimate of drug-likeness (QED) is 0.234. The SMILES string of the molecule is CN(C)C/C=C/C(=O)Nc1ccc(C(=O)N2[C@@H]3CC[C@H]2CC(Nc2ncc(Cl)c(-c4c[nH]c5ccccc45)n2)C3)cc1. The summed E-state index contributed by atoms with van der Waals surface area (Å²) in [5.74, 6) is 0.383. The maximum atomic E-state index is 13.5. The maximum absolute atomic E-state index is 13.5. The number of hydrogen-bond donors (Lipinski definition) is 3. The molecule has 3 atom stereocenters. The second-order valence-electron chi connectivity index (χ2n) is 11.3. The lowest BCUT2D eigenvalue weighted by atomic mass is 9.96. The Kier molecular flexibility index (Phi) is 7.95. The topological polar surface area (TPSA) is 106 Å². The van der Waals surface area contributed by atoms with Crippen LogP contribution in [0.3, 0.4) is 0 Å². The van der Waals surface area contributed by atoms with E-state index in [1.807, 2.05) is 55.5 Å². The van der Waals surface area contributed by atoms with Gasteiger partial charge < -0.3 is 25.4 Å². The molecule has 216 valence electrons. The van der Waals surface area contributed by atoms with Crippen molar-refractivity contribution in [3.8, 4) is 11.3 Å². The van der Waals surface area contributed by atoms with Gasteiger partial charge in [-0.15, -0.1) is 0 Å². The first kappa shape index (κ1) is 27.9. The third-order valence-electron chi connectivity index (χ3n) is 8.03. The Labute approximate surface area is 250 Å². The summed E-state index contributed by atoms with van der Waals surface area (Å²) in [5.41, 5.74) is 3.94. The standard InChI is InChI=1S/C32H34ClN7O2/c1-39(2)15-5-8-29(41)36-21-11-9-20(10-12-21)31(42)40-23-13-14-24(40)17-22(16-23)37-32-35-19-27(33)30(38-32)26-18-34-28-7-4-3-6-25(26)28/h3-12,18-19,22-24,34H,13-17H2,1-2H3,(H,36,41)(H,35,37,38)/b8-5+/t22?,23-,24+. The number of nitrogens with zero attached hydrogens (tertiary/aromatic N) is 4. The summed E-state index contributed by atoms with van der Waals surface area (Å²) in [7, 11) is 3.89. The average Bonchev–Trinajstić information content (AvgIpc) is 3.52. The summed E-state index contributed by atoms with van der Waals surface area (Å²) in [6.45, 7) is 0.689. The van der Waals surface area contributed by atoms with Crippen molar-refractivity contribution in [1.82, 2.24) is 24.8 Å². The molecule has 2 aliphatic rings. The Morgan fingerprint density at radius 2 is 1.83 bits per heavy atom. The Morgan fingerprint density at radius 3 is 2.57 bits per heavy atom. The van der Waals surface area contributed by atoms with Gasteiger partial charge in [0.1, 0.15) is 0 Å². The van der Waals surface area contributed by atoms with Crippen LogP contribution in [-0.2, 0) is 4.79 Å². The summed E-state index contributed by atoms with van der Waals surface area (Å²) < 4.78 is 0. The Balaban J connectivity index is 1.10. The van der Waals surface area contributed by atoms with Gasteiger partial charge >= 0.3 is 0 Å². The number of fused-ring (bicyclic) bond motifs is 3. The fourth-order valence-corrected chi connectivity index (χ4v) is 6.29. The number of carbonyl (C=O) groups excluding carboxylic acids is 2. The molecule has 6 rings (SSSR count). The summed E-state index contributed by atoms with van der Waals surface area (Å²) in [6.07, 6.45) is 10.5. The molecular formula is C32H34ClN7O2. The number of carbonyl (C=O) groups is 2. The average molecular weight is 584 g/mol. The van der Waals surface area contributed by atoms with Crippen LogP contribution in [0.1, 0.15) is 36.0 Å². The first-order valence-electron chi connectivity index (χ1n) is 14.3. The van der Waals surface area contributed by atoms with E-state index in [-0.39, 0.29) is 29.9 Å². The van der Waals surface area contributed by atoms with Gasteiger partial charge in [0, 0.05) is 64.7 Å². The van der Waals surface area contributed by atoms with E-state index in [9.17, 15) is 9.59 Å². The highest BCUT2D eigenvalue weighted by Gasteiger charge is 2.43. The molecule has 3 N–H and O–H groups in total. The monoisotopic (exact) mass is 583 g/mol. The fourth-order valence-electron chi connectivity index (χ4n) is 6.10. The smallest absolute Gasteiger partial charge is 0.254 e. The number of amides is 2. The van der Waals surface area contributed by atoms with Crippen LogP contribution in [-0.4, -0.2) is 75.3 Å². The lowest BCUT2D eigenvalue weighted by molar-refractivity contribution is -0.111. The van der Waals surface area contributed by atoms with E-state index in [0.717, 1.165) is 42.1 Å². The normalized spacial score (nSPS) is 20.0. The molecule has 2 bridgehead atoms. The molecule has 10 heteroatoms. The van der Waals surface area contributed by atoms with Crippen molar-refractivity contribution < 1.29 is 9.59 Å². The largest absolute Gasteiger partial charge is 0.360 e. The second kappa shape index (κ2) is 12.0. The lowest BCUT2D eigenvalue weighted by Crippen LogP contribution is -2.49. The van der Waals surface area contributed by atoms with Crippen LogP contribution >= 0.6 is 11.6 Å². The van der Waals surface area contributed by atoms with Crippen LogP contribution in [0.5, 0.6) is 0 Å².